The minimum absolute atomic E-state index is 0.0420. The molecule has 6 heteroatoms. The number of nitrogens with one attached hydrogen (secondary N) is 2. The summed E-state index contributed by atoms with van der Waals surface area (Å²) in [5, 5.41) is 9.90. The summed E-state index contributed by atoms with van der Waals surface area (Å²) >= 11 is 0. The first-order valence-electron chi connectivity index (χ1n) is 8.65. The second kappa shape index (κ2) is 8.29. The number of benzene rings is 2. The zero-order valence-corrected chi connectivity index (χ0v) is 15.0. The number of aromatic nitrogens is 3. The molecule has 1 amide bonds. The normalized spacial score (nSPS) is 10.5. The molecule has 0 unspecified atom stereocenters. The topological polar surface area (TPSA) is 79.9 Å². The molecular formula is C20H22N4O2. The molecule has 1 aromatic heterocycles. The number of para-hydroxylation sites is 1. The van der Waals surface area contributed by atoms with Gasteiger partial charge in [-0.1, -0.05) is 30.3 Å². The van der Waals surface area contributed by atoms with E-state index in [2.05, 4.69) is 20.5 Å². The highest BCUT2D eigenvalue weighted by molar-refractivity contribution is 5.91. The fraction of sp³-hybridized carbons (Fsp3) is 0.250. The van der Waals surface area contributed by atoms with Gasteiger partial charge in [-0.2, -0.15) is 5.10 Å². The molecule has 3 rings (SSSR count). The van der Waals surface area contributed by atoms with Gasteiger partial charge in [0, 0.05) is 17.7 Å². The predicted octanol–water partition coefficient (Wildman–Crippen LogP) is 3.75. The van der Waals surface area contributed by atoms with Gasteiger partial charge in [-0.15, -0.1) is 0 Å². The Balaban J connectivity index is 1.62. The number of rotatable bonds is 7. The standard InChI is InChI=1S/C20H22N4O2/c1-3-26-18-10-5-4-7-15(18)11-12-19(25)22-17-9-6-8-16(13-17)20-21-14(2)23-24-20/h4-10,13H,3,11-12H2,1-2H3,(H,22,25)(H,21,23,24). The highest BCUT2D eigenvalue weighted by Crippen LogP contribution is 2.21. The molecule has 0 atom stereocenters. The smallest absolute Gasteiger partial charge is 0.224 e. The molecule has 0 aliphatic heterocycles. The number of aryl methyl sites for hydroxylation is 2. The average Bonchev–Trinajstić information content (AvgIpc) is 3.08. The van der Waals surface area contributed by atoms with Crippen LogP contribution in [-0.4, -0.2) is 27.7 Å². The van der Waals surface area contributed by atoms with Gasteiger partial charge in [0.2, 0.25) is 5.91 Å². The molecule has 0 bridgehead atoms. The van der Waals surface area contributed by atoms with Crippen LogP contribution < -0.4 is 10.1 Å². The van der Waals surface area contributed by atoms with E-state index in [4.69, 9.17) is 4.74 Å². The number of aromatic amines is 1. The average molecular weight is 350 g/mol. The van der Waals surface area contributed by atoms with E-state index in [9.17, 15) is 4.79 Å². The van der Waals surface area contributed by atoms with Crippen molar-refractivity contribution in [1.82, 2.24) is 15.2 Å². The van der Waals surface area contributed by atoms with Gasteiger partial charge < -0.3 is 10.1 Å². The van der Waals surface area contributed by atoms with Crippen molar-refractivity contribution in [3.8, 4) is 17.1 Å². The lowest BCUT2D eigenvalue weighted by molar-refractivity contribution is -0.116. The number of ether oxygens (including phenoxy) is 1. The van der Waals surface area contributed by atoms with Crippen LogP contribution in [0.2, 0.25) is 0 Å². The van der Waals surface area contributed by atoms with E-state index in [1.54, 1.807) is 0 Å². The maximum atomic E-state index is 12.3. The van der Waals surface area contributed by atoms with Crippen LogP contribution in [0.4, 0.5) is 5.69 Å². The van der Waals surface area contributed by atoms with Crippen LogP contribution in [0.25, 0.3) is 11.4 Å². The monoisotopic (exact) mass is 350 g/mol. The van der Waals surface area contributed by atoms with Crippen LogP contribution in [0, 0.1) is 6.92 Å². The van der Waals surface area contributed by atoms with Gasteiger partial charge in [-0.3, -0.25) is 9.89 Å². The summed E-state index contributed by atoms with van der Waals surface area (Å²) < 4.78 is 5.61. The summed E-state index contributed by atoms with van der Waals surface area (Å²) in [7, 11) is 0. The molecule has 2 N–H and O–H groups in total. The molecule has 1 heterocycles. The van der Waals surface area contributed by atoms with Crippen LogP contribution in [-0.2, 0) is 11.2 Å². The Labute approximate surface area is 152 Å². The van der Waals surface area contributed by atoms with Gasteiger partial charge in [0.05, 0.1) is 6.61 Å². The van der Waals surface area contributed by atoms with Crippen molar-refractivity contribution in [2.75, 3.05) is 11.9 Å². The highest BCUT2D eigenvalue weighted by Gasteiger charge is 2.09. The molecule has 0 saturated carbocycles. The molecule has 134 valence electrons. The lowest BCUT2D eigenvalue weighted by Gasteiger charge is -2.10. The van der Waals surface area contributed by atoms with E-state index >= 15 is 0 Å². The minimum atomic E-state index is -0.0420. The number of anilines is 1. The van der Waals surface area contributed by atoms with E-state index in [-0.39, 0.29) is 5.91 Å². The summed E-state index contributed by atoms with van der Waals surface area (Å²) in [5.41, 5.74) is 2.62. The lowest BCUT2D eigenvalue weighted by atomic mass is 10.1. The molecular weight excluding hydrogens is 328 g/mol. The summed E-state index contributed by atoms with van der Waals surface area (Å²) in [6.07, 6.45) is 1.01. The van der Waals surface area contributed by atoms with Crippen molar-refractivity contribution in [1.29, 1.82) is 0 Å². The van der Waals surface area contributed by atoms with Crippen LogP contribution in [0.3, 0.4) is 0 Å². The number of H-pyrrole nitrogens is 1. The van der Waals surface area contributed by atoms with E-state index in [1.807, 2.05) is 62.4 Å². The van der Waals surface area contributed by atoms with Crippen molar-refractivity contribution >= 4 is 11.6 Å². The van der Waals surface area contributed by atoms with E-state index in [0.29, 0.717) is 25.3 Å². The van der Waals surface area contributed by atoms with Crippen molar-refractivity contribution in [3.05, 3.63) is 59.9 Å². The zero-order valence-electron chi connectivity index (χ0n) is 15.0. The minimum Gasteiger partial charge on any atom is -0.494 e. The Morgan fingerprint density at radius 2 is 2.04 bits per heavy atom. The number of hydrogen-bond acceptors (Lipinski definition) is 4. The molecule has 2 aromatic carbocycles. The van der Waals surface area contributed by atoms with Gasteiger partial charge in [-0.25, -0.2) is 4.98 Å². The lowest BCUT2D eigenvalue weighted by Crippen LogP contribution is -2.12. The zero-order chi connectivity index (χ0) is 18.4. The molecule has 0 spiro atoms. The predicted molar refractivity (Wildman–Crippen MR) is 101 cm³/mol. The second-order valence-corrected chi connectivity index (χ2v) is 5.91. The molecule has 6 nitrogen and oxygen atoms in total. The molecule has 0 aliphatic carbocycles. The SMILES string of the molecule is CCOc1ccccc1CCC(=O)Nc1cccc(-c2n[nH]c(C)n2)c1. The van der Waals surface area contributed by atoms with Gasteiger partial charge in [0.15, 0.2) is 5.82 Å². The van der Waals surface area contributed by atoms with Gasteiger partial charge in [0.1, 0.15) is 11.6 Å². The third-order valence-electron chi connectivity index (χ3n) is 3.90. The fourth-order valence-corrected chi connectivity index (χ4v) is 2.69. The Bertz CT molecular complexity index is 889. The van der Waals surface area contributed by atoms with Crippen LogP contribution in [0.5, 0.6) is 5.75 Å². The number of carbonyl (C=O) groups excluding carboxylic acids is 1. The van der Waals surface area contributed by atoms with Crippen LogP contribution >= 0.6 is 0 Å². The molecule has 0 aliphatic rings. The van der Waals surface area contributed by atoms with E-state index in [0.717, 1.165) is 28.4 Å². The van der Waals surface area contributed by atoms with E-state index < -0.39 is 0 Å². The number of carbonyl (C=O) groups is 1. The van der Waals surface area contributed by atoms with Crippen molar-refractivity contribution < 1.29 is 9.53 Å². The number of amides is 1. The summed E-state index contributed by atoms with van der Waals surface area (Å²) in [6, 6.07) is 15.3. The molecule has 0 fully saturated rings. The van der Waals surface area contributed by atoms with E-state index in [1.165, 1.54) is 0 Å². The maximum Gasteiger partial charge on any atom is 0.224 e. The molecule has 3 aromatic rings. The van der Waals surface area contributed by atoms with Crippen molar-refractivity contribution in [3.63, 3.8) is 0 Å². The highest BCUT2D eigenvalue weighted by atomic mass is 16.5. The Hall–Kier alpha value is -3.15. The summed E-state index contributed by atoms with van der Waals surface area (Å²) in [5.74, 6) is 2.16. The van der Waals surface area contributed by atoms with Gasteiger partial charge in [0.25, 0.3) is 0 Å². The first-order chi connectivity index (χ1) is 12.7. The molecule has 26 heavy (non-hydrogen) atoms. The van der Waals surface area contributed by atoms with Crippen molar-refractivity contribution in [2.24, 2.45) is 0 Å². The first kappa shape index (κ1) is 17.7. The fourth-order valence-electron chi connectivity index (χ4n) is 2.69. The Kier molecular flexibility index (Phi) is 5.63. The summed E-state index contributed by atoms with van der Waals surface area (Å²) in [6.45, 7) is 4.41. The van der Waals surface area contributed by atoms with Gasteiger partial charge >= 0.3 is 0 Å². The molecule has 0 radical (unpaired) electrons. The van der Waals surface area contributed by atoms with Gasteiger partial charge in [-0.05, 0) is 44.0 Å². The Morgan fingerprint density at radius 3 is 2.81 bits per heavy atom. The number of nitrogens with zero attached hydrogens (tertiary/aromatic N) is 2. The number of hydrogen-bond donors (Lipinski definition) is 2. The first-order valence-corrected chi connectivity index (χ1v) is 8.65. The summed E-state index contributed by atoms with van der Waals surface area (Å²) in [4.78, 5) is 16.6. The Morgan fingerprint density at radius 1 is 1.19 bits per heavy atom. The van der Waals surface area contributed by atoms with Crippen LogP contribution in [0.1, 0.15) is 24.7 Å². The second-order valence-electron chi connectivity index (χ2n) is 5.91. The molecule has 0 saturated heterocycles. The third kappa shape index (κ3) is 4.47. The largest absolute Gasteiger partial charge is 0.494 e. The maximum absolute atomic E-state index is 12.3. The quantitative estimate of drug-likeness (QED) is 0.680. The van der Waals surface area contributed by atoms with Crippen LogP contribution in [0.15, 0.2) is 48.5 Å². The van der Waals surface area contributed by atoms with Crippen molar-refractivity contribution in [2.45, 2.75) is 26.7 Å². The third-order valence-corrected chi connectivity index (χ3v) is 3.90.